The van der Waals surface area contributed by atoms with E-state index in [2.05, 4.69) is 4.99 Å². The topological polar surface area (TPSA) is 69.9 Å². The molecule has 6 nitrogen and oxygen atoms in total. The van der Waals surface area contributed by atoms with Crippen LogP contribution in [0.3, 0.4) is 0 Å². The molecule has 7 heteroatoms. The largest absolute Gasteiger partial charge is 0.497 e. The molecule has 2 heterocycles. The number of fused-ring (bicyclic) bond motifs is 1. The van der Waals surface area contributed by atoms with Crippen molar-refractivity contribution in [3.63, 3.8) is 0 Å². The van der Waals surface area contributed by atoms with E-state index < -0.39 is 12.0 Å². The molecule has 4 rings (SSSR count). The Hall–Kier alpha value is -3.45. The number of esters is 1. The molecular weight excluding hydrogens is 412 g/mol. The highest BCUT2D eigenvalue weighted by Gasteiger charge is 2.33. The lowest BCUT2D eigenvalue weighted by atomic mass is 9.96. The molecule has 0 saturated heterocycles. The predicted molar refractivity (Wildman–Crippen MR) is 120 cm³/mol. The monoisotopic (exact) mass is 434 g/mol. The minimum atomic E-state index is -0.588. The lowest BCUT2D eigenvalue weighted by Crippen LogP contribution is -2.39. The van der Waals surface area contributed by atoms with Gasteiger partial charge in [-0.2, -0.15) is 0 Å². The van der Waals surface area contributed by atoms with Gasteiger partial charge in [0, 0.05) is 0 Å². The first-order valence-electron chi connectivity index (χ1n) is 9.92. The minimum Gasteiger partial charge on any atom is -0.497 e. The number of benzene rings is 2. The third-order valence-corrected chi connectivity index (χ3v) is 6.03. The number of carbonyl (C=O) groups excluding carboxylic acids is 1. The molecule has 0 bridgehead atoms. The highest BCUT2D eigenvalue weighted by Crippen LogP contribution is 2.30. The van der Waals surface area contributed by atoms with Gasteiger partial charge in [-0.05, 0) is 43.2 Å². The summed E-state index contributed by atoms with van der Waals surface area (Å²) in [5, 5.41) is 0. The standard InChI is InChI=1S/C24H22N2O4S/c1-4-30-23(28)20-15(2)25-24-26(21(20)17-8-6-5-7-9-17)22(27)19(31-24)14-16-10-12-18(29-3)13-11-16/h5-14,21H,4H2,1-3H3. The van der Waals surface area contributed by atoms with Crippen LogP contribution in [0.2, 0.25) is 0 Å². The molecule has 0 saturated carbocycles. The summed E-state index contributed by atoms with van der Waals surface area (Å²) in [6, 6.07) is 16.4. The van der Waals surface area contributed by atoms with Crippen LogP contribution in [0.4, 0.5) is 0 Å². The number of thiazole rings is 1. The Labute approximate surface area is 183 Å². The molecule has 1 aromatic heterocycles. The summed E-state index contributed by atoms with van der Waals surface area (Å²) in [4.78, 5) is 31.4. The number of hydrogen-bond donors (Lipinski definition) is 0. The molecule has 0 radical (unpaired) electrons. The van der Waals surface area contributed by atoms with Gasteiger partial charge in [-0.3, -0.25) is 9.36 Å². The van der Waals surface area contributed by atoms with E-state index >= 15 is 0 Å². The van der Waals surface area contributed by atoms with Crippen molar-refractivity contribution < 1.29 is 14.3 Å². The van der Waals surface area contributed by atoms with Crippen LogP contribution in [0.15, 0.2) is 75.7 Å². The lowest BCUT2D eigenvalue weighted by Gasteiger charge is -2.24. The van der Waals surface area contributed by atoms with Gasteiger partial charge in [0.1, 0.15) is 5.75 Å². The molecule has 3 aromatic rings. The van der Waals surface area contributed by atoms with Crippen LogP contribution in [0, 0.1) is 0 Å². The average Bonchev–Trinajstić information content (AvgIpc) is 3.08. The van der Waals surface area contributed by atoms with Gasteiger partial charge in [-0.15, -0.1) is 0 Å². The van der Waals surface area contributed by atoms with Gasteiger partial charge in [-0.25, -0.2) is 9.79 Å². The summed E-state index contributed by atoms with van der Waals surface area (Å²) in [7, 11) is 1.61. The summed E-state index contributed by atoms with van der Waals surface area (Å²) in [5.41, 5.74) is 2.46. The maximum Gasteiger partial charge on any atom is 0.338 e. The second kappa shape index (κ2) is 8.73. The van der Waals surface area contributed by atoms with E-state index in [9.17, 15) is 9.59 Å². The predicted octanol–water partition coefficient (Wildman–Crippen LogP) is 2.81. The molecule has 0 amide bonds. The van der Waals surface area contributed by atoms with E-state index in [4.69, 9.17) is 9.47 Å². The quantitative estimate of drug-likeness (QED) is 0.579. The Bertz CT molecular complexity index is 1320. The van der Waals surface area contributed by atoms with E-state index in [0.717, 1.165) is 16.9 Å². The molecule has 1 aliphatic heterocycles. The summed E-state index contributed by atoms with van der Waals surface area (Å²) in [6.07, 6.45) is 1.83. The second-order valence-corrected chi connectivity index (χ2v) is 8.00. The molecule has 1 atom stereocenters. The first kappa shape index (κ1) is 20.8. The Kier molecular flexibility index (Phi) is 5.86. The highest BCUT2D eigenvalue weighted by atomic mass is 32.1. The average molecular weight is 435 g/mol. The van der Waals surface area contributed by atoms with Crippen molar-refractivity contribution >= 4 is 23.4 Å². The fourth-order valence-corrected chi connectivity index (χ4v) is 4.64. The molecule has 0 fully saturated rings. The molecule has 0 N–H and O–H groups in total. The SMILES string of the molecule is CCOC(=O)C1=C(C)N=c2sc(=Cc3ccc(OC)cc3)c(=O)n2C1c1ccccc1. The van der Waals surface area contributed by atoms with Crippen molar-refractivity contribution in [1.29, 1.82) is 0 Å². The van der Waals surface area contributed by atoms with Crippen LogP contribution in [-0.2, 0) is 9.53 Å². The molecule has 1 aliphatic rings. The van der Waals surface area contributed by atoms with Crippen molar-refractivity contribution in [3.05, 3.63) is 96.7 Å². The Morgan fingerprint density at radius 1 is 1.16 bits per heavy atom. The number of ether oxygens (including phenoxy) is 2. The lowest BCUT2D eigenvalue weighted by molar-refractivity contribution is -0.139. The molecular formula is C24H22N2O4S. The normalized spacial score (nSPS) is 16.0. The molecule has 2 aromatic carbocycles. The van der Waals surface area contributed by atoms with Gasteiger partial charge < -0.3 is 9.47 Å². The van der Waals surface area contributed by atoms with Crippen LogP contribution in [0.25, 0.3) is 6.08 Å². The molecule has 0 spiro atoms. The summed E-state index contributed by atoms with van der Waals surface area (Å²) in [5.74, 6) is 0.291. The number of nitrogens with zero attached hydrogens (tertiary/aromatic N) is 2. The number of methoxy groups -OCH3 is 1. The molecule has 0 aliphatic carbocycles. The summed E-state index contributed by atoms with van der Waals surface area (Å²) >= 11 is 1.31. The fraction of sp³-hybridized carbons (Fsp3) is 0.208. The first-order valence-corrected chi connectivity index (χ1v) is 10.7. The summed E-state index contributed by atoms with van der Waals surface area (Å²) in [6.45, 7) is 3.79. The van der Waals surface area contributed by atoms with Crippen LogP contribution < -0.4 is 19.6 Å². The van der Waals surface area contributed by atoms with Crippen LogP contribution in [0.1, 0.15) is 31.0 Å². The van der Waals surface area contributed by atoms with Crippen LogP contribution in [-0.4, -0.2) is 24.3 Å². The van der Waals surface area contributed by atoms with Gasteiger partial charge in [-0.1, -0.05) is 53.8 Å². The van der Waals surface area contributed by atoms with Crippen molar-refractivity contribution in [2.45, 2.75) is 19.9 Å². The van der Waals surface area contributed by atoms with Crippen LogP contribution in [0.5, 0.6) is 5.75 Å². The molecule has 158 valence electrons. The Morgan fingerprint density at radius 2 is 1.87 bits per heavy atom. The van der Waals surface area contributed by atoms with Crippen molar-refractivity contribution in [3.8, 4) is 5.75 Å². The smallest absolute Gasteiger partial charge is 0.338 e. The van der Waals surface area contributed by atoms with Crippen LogP contribution >= 0.6 is 11.3 Å². The number of hydrogen-bond acceptors (Lipinski definition) is 6. The zero-order valence-electron chi connectivity index (χ0n) is 17.5. The second-order valence-electron chi connectivity index (χ2n) is 6.99. The van der Waals surface area contributed by atoms with Gasteiger partial charge >= 0.3 is 5.97 Å². The van der Waals surface area contributed by atoms with E-state index in [-0.39, 0.29) is 12.2 Å². The number of aromatic nitrogens is 1. The van der Waals surface area contributed by atoms with Gasteiger partial charge in [0.2, 0.25) is 0 Å². The zero-order chi connectivity index (χ0) is 22.0. The number of allylic oxidation sites excluding steroid dienone is 1. The van der Waals surface area contributed by atoms with E-state index in [0.29, 0.717) is 20.6 Å². The van der Waals surface area contributed by atoms with E-state index in [1.807, 2.05) is 60.7 Å². The van der Waals surface area contributed by atoms with Crippen molar-refractivity contribution in [1.82, 2.24) is 4.57 Å². The number of carbonyl (C=O) groups is 1. The van der Waals surface area contributed by atoms with E-state index in [1.165, 1.54) is 11.3 Å². The first-order chi connectivity index (χ1) is 15.0. The summed E-state index contributed by atoms with van der Waals surface area (Å²) < 4.78 is 12.6. The zero-order valence-corrected chi connectivity index (χ0v) is 18.3. The maximum atomic E-state index is 13.4. The molecule has 31 heavy (non-hydrogen) atoms. The Balaban J connectivity index is 1.91. The van der Waals surface area contributed by atoms with Crippen molar-refractivity contribution in [2.24, 2.45) is 4.99 Å². The Morgan fingerprint density at radius 3 is 2.52 bits per heavy atom. The third kappa shape index (κ3) is 3.96. The van der Waals surface area contributed by atoms with Crippen molar-refractivity contribution in [2.75, 3.05) is 13.7 Å². The van der Waals surface area contributed by atoms with E-state index in [1.54, 1.807) is 25.5 Å². The van der Waals surface area contributed by atoms with Gasteiger partial charge in [0.25, 0.3) is 5.56 Å². The number of rotatable bonds is 5. The molecule has 1 unspecified atom stereocenters. The fourth-order valence-electron chi connectivity index (χ4n) is 3.59. The minimum absolute atomic E-state index is 0.192. The third-order valence-electron chi connectivity index (χ3n) is 5.05. The van der Waals surface area contributed by atoms with Gasteiger partial charge in [0.15, 0.2) is 4.80 Å². The highest BCUT2D eigenvalue weighted by molar-refractivity contribution is 7.07. The maximum absolute atomic E-state index is 13.4. The van der Waals surface area contributed by atoms with Gasteiger partial charge in [0.05, 0.1) is 35.6 Å².